The van der Waals surface area contributed by atoms with E-state index in [1.807, 2.05) is 66.5 Å². The third-order valence-electron chi connectivity index (χ3n) is 5.16. The Balaban J connectivity index is 1.52. The SMILES string of the molecule is CN(C)c1cccc(C(=O)N2CC[C@@H](c3cc4ccccc4cn3)C2)c1. The molecule has 1 aromatic heterocycles. The molecule has 2 heterocycles. The molecule has 26 heavy (non-hydrogen) atoms. The summed E-state index contributed by atoms with van der Waals surface area (Å²) in [6.07, 6.45) is 2.90. The molecule has 1 saturated heterocycles. The molecule has 4 rings (SSSR count). The number of carbonyl (C=O) groups is 1. The van der Waals surface area contributed by atoms with E-state index in [0.717, 1.165) is 41.8 Å². The Morgan fingerprint density at radius 3 is 2.69 bits per heavy atom. The Bertz CT molecular complexity index is 951. The molecular weight excluding hydrogens is 322 g/mol. The van der Waals surface area contributed by atoms with E-state index in [1.165, 1.54) is 5.39 Å². The van der Waals surface area contributed by atoms with Gasteiger partial charge < -0.3 is 9.80 Å². The average molecular weight is 345 g/mol. The first-order valence-corrected chi connectivity index (χ1v) is 9.03. The van der Waals surface area contributed by atoms with E-state index in [2.05, 4.69) is 23.2 Å². The van der Waals surface area contributed by atoms with Gasteiger partial charge in [0, 0.05) is 61.6 Å². The molecule has 0 unspecified atom stereocenters. The fourth-order valence-electron chi connectivity index (χ4n) is 3.61. The van der Waals surface area contributed by atoms with Crippen molar-refractivity contribution in [1.82, 2.24) is 9.88 Å². The first-order chi connectivity index (χ1) is 12.6. The lowest BCUT2D eigenvalue weighted by Crippen LogP contribution is -2.28. The van der Waals surface area contributed by atoms with Crippen LogP contribution in [0.5, 0.6) is 0 Å². The lowest BCUT2D eigenvalue weighted by atomic mass is 10.0. The molecular formula is C22H23N3O. The predicted octanol–water partition coefficient (Wildman–Crippen LogP) is 3.93. The zero-order valence-electron chi connectivity index (χ0n) is 15.2. The van der Waals surface area contributed by atoms with Crippen LogP contribution in [0.1, 0.15) is 28.4 Å². The van der Waals surface area contributed by atoms with E-state index >= 15 is 0 Å². The van der Waals surface area contributed by atoms with Crippen LogP contribution in [0, 0.1) is 0 Å². The Morgan fingerprint density at radius 1 is 1.08 bits per heavy atom. The number of hydrogen-bond donors (Lipinski definition) is 0. The number of pyridine rings is 1. The zero-order chi connectivity index (χ0) is 18.1. The molecule has 0 bridgehead atoms. The van der Waals surface area contributed by atoms with Crippen molar-refractivity contribution in [2.75, 3.05) is 32.1 Å². The van der Waals surface area contributed by atoms with E-state index in [1.54, 1.807) is 0 Å². The molecule has 0 saturated carbocycles. The van der Waals surface area contributed by atoms with Gasteiger partial charge in [-0.25, -0.2) is 0 Å². The standard InChI is InChI=1S/C22H23N3O/c1-24(2)20-9-5-8-17(12-20)22(26)25-11-10-19(15-25)21-13-16-6-3-4-7-18(16)14-23-21/h3-9,12-14,19H,10-11,15H2,1-2H3/t19-/m1/s1. The molecule has 1 atom stereocenters. The second-order valence-electron chi connectivity index (χ2n) is 7.14. The molecule has 0 N–H and O–H groups in total. The van der Waals surface area contributed by atoms with Crippen molar-refractivity contribution in [3.63, 3.8) is 0 Å². The van der Waals surface area contributed by atoms with E-state index in [-0.39, 0.29) is 5.91 Å². The van der Waals surface area contributed by atoms with Crippen molar-refractivity contribution < 1.29 is 4.79 Å². The van der Waals surface area contributed by atoms with Gasteiger partial charge in [0.1, 0.15) is 0 Å². The lowest BCUT2D eigenvalue weighted by Gasteiger charge is -2.18. The molecule has 3 aromatic rings. The minimum absolute atomic E-state index is 0.108. The number of rotatable bonds is 3. The summed E-state index contributed by atoms with van der Waals surface area (Å²) in [5.41, 5.74) is 2.88. The maximum atomic E-state index is 12.9. The quantitative estimate of drug-likeness (QED) is 0.722. The molecule has 0 spiro atoms. The summed E-state index contributed by atoms with van der Waals surface area (Å²) in [7, 11) is 3.97. The van der Waals surface area contributed by atoms with Crippen LogP contribution in [0.3, 0.4) is 0 Å². The first-order valence-electron chi connectivity index (χ1n) is 9.03. The summed E-state index contributed by atoms with van der Waals surface area (Å²) >= 11 is 0. The van der Waals surface area contributed by atoms with Gasteiger partial charge in [0.2, 0.25) is 0 Å². The van der Waals surface area contributed by atoms with Gasteiger partial charge in [0.05, 0.1) is 0 Å². The van der Waals surface area contributed by atoms with Crippen LogP contribution in [0.25, 0.3) is 10.8 Å². The average Bonchev–Trinajstić information content (AvgIpc) is 3.17. The van der Waals surface area contributed by atoms with Gasteiger partial charge in [-0.3, -0.25) is 9.78 Å². The van der Waals surface area contributed by atoms with Gasteiger partial charge in [-0.2, -0.15) is 0 Å². The minimum Gasteiger partial charge on any atom is -0.378 e. The number of nitrogens with zero attached hydrogens (tertiary/aromatic N) is 3. The number of benzene rings is 2. The minimum atomic E-state index is 0.108. The molecule has 1 amide bonds. The highest BCUT2D eigenvalue weighted by Crippen LogP contribution is 2.29. The molecule has 1 aliphatic heterocycles. The van der Waals surface area contributed by atoms with Crippen molar-refractivity contribution in [3.8, 4) is 0 Å². The van der Waals surface area contributed by atoms with E-state index in [0.29, 0.717) is 5.92 Å². The predicted molar refractivity (Wildman–Crippen MR) is 106 cm³/mol. The summed E-state index contributed by atoms with van der Waals surface area (Å²) in [6, 6.07) is 18.3. The number of likely N-dealkylation sites (tertiary alicyclic amines) is 1. The molecule has 2 aromatic carbocycles. The molecule has 1 aliphatic rings. The van der Waals surface area contributed by atoms with Crippen LogP contribution in [-0.2, 0) is 0 Å². The van der Waals surface area contributed by atoms with Crippen LogP contribution in [0.15, 0.2) is 60.8 Å². The maximum absolute atomic E-state index is 12.9. The van der Waals surface area contributed by atoms with Gasteiger partial charge in [0.15, 0.2) is 0 Å². The Morgan fingerprint density at radius 2 is 1.88 bits per heavy atom. The third kappa shape index (κ3) is 3.15. The summed E-state index contributed by atoms with van der Waals surface area (Å²) in [4.78, 5) is 21.5. The van der Waals surface area contributed by atoms with Gasteiger partial charge in [-0.15, -0.1) is 0 Å². The van der Waals surface area contributed by atoms with Crippen molar-refractivity contribution >= 4 is 22.4 Å². The smallest absolute Gasteiger partial charge is 0.253 e. The Kier molecular flexibility index (Phi) is 4.33. The second-order valence-corrected chi connectivity index (χ2v) is 7.14. The fourth-order valence-corrected chi connectivity index (χ4v) is 3.61. The Hall–Kier alpha value is -2.88. The normalized spacial score (nSPS) is 16.8. The number of anilines is 1. The van der Waals surface area contributed by atoms with Gasteiger partial charge in [-0.1, -0.05) is 30.3 Å². The van der Waals surface area contributed by atoms with Crippen molar-refractivity contribution in [2.24, 2.45) is 0 Å². The number of aromatic nitrogens is 1. The summed E-state index contributed by atoms with van der Waals surface area (Å²) < 4.78 is 0. The lowest BCUT2D eigenvalue weighted by molar-refractivity contribution is 0.0790. The van der Waals surface area contributed by atoms with Crippen molar-refractivity contribution in [1.29, 1.82) is 0 Å². The second kappa shape index (κ2) is 6.79. The summed E-state index contributed by atoms with van der Waals surface area (Å²) in [5.74, 6) is 0.414. The maximum Gasteiger partial charge on any atom is 0.253 e. The van der Waals surface area contributed by atoms with Gasteiger partial charge in [-0.05, 0) is 36.1 Å². The zero-order valence-corrected chi connectivity index (χ0v) is 15.2. The number of fused-ring (bicyclic) bond motifs is 1. The van der Waals surface area contributed by atoms with Gasteiger partial charge >= 0.3 is 0 Å². The van der Waals surface area contributed by atoms with Crippen molar-refractivity contribution in [3.05, 3.63) is 72.1 Å². The van der Waals surface area contributed by atoms with Gasteiger partial charge in [0.25, 0.3) is 5.91 Å². The largest absolute Gasteiger partial charge is 0.378 e. The molecule has 4 heteroatoms. The van der Waals surface area contributed by atoms with E-state index in [9.17, 15) is 4.79 Å². The van der Waals surface area contributed by atoms with Crippen LogP contribution in [0.4, 0.5) is 5.69 Å². The topological polar surface area (TPSA) is 36.4 Å². The number of hydrogen-bond acceptors (Lipinski definition) is 3. The monoisotopic (exact) mass is 345 g/mol. The highest BCUT2D eigenvalue weighted by molar-refractivity contribution is 5.95. The van der Waals surface area contributed by atoms with E-state index < -0.39 is 0 Å². The molecule has 0 radical (unpaired) electrons. The van der Waals surface area contributed by atoms with Crippen molar-refractivity contribution in [2.45, 2.75) is 12.3 Å². The highest BCUT2D eigenvalue weighted by atomic mass is 16.2. The number of carbonyl (C=O) groups excluding carboxylic acids is 1. The van der Waals surface area contributed by atoms with E-state index in [4.69, 9.17) is 0 Å². The third-order valence-corrected chi connectivity index (χ3v) is 5.16. The molecule has 4 nitrogen and oxygen atoms in total. The molecule has 0 aliphatic carbocycles. The van der Waals surface area contributed by atoms with Crippen LogP contribution in [-0.4, -0.2) is 43.0 Å². The summed E-state index contributed by atoms with van der Waals surface area (Å²) in [5, 5.41) is 2.36. The Labute approximate surface area is 154 Å². The highest BCUT2D eigenvalue weighted by Gasteiger charge is 2.29. The first kappa shape index (κ1) is 16.6. The molecule has 132 valence electrons. The van der Waals surface area contributed by atoms with Crippen LogP contribution >= 0.6 is 0 Å². The van der Waals surface area contributed by atoms with Crippen LogP contribution < -0.4 is 4.90 Å². The number of amides is 1. The fraction of sp³-hybridized carbons (Fsp3) is 0.273. The summed E-state index contributed by atoms with van der Waals surface area (Å²) in [6.45, 7) is 1.51. The van der Waals surface area contributed by atoms with Crippen LogP contribution in [0.2, 0.25) is 0 Å². The molecule has 1 fully saturated rings.